The smallest absolute Gasteiger partial charge is 0.266 e. The molecule has 1 fully saturated rings. The number of thiocarbonyl (C=S) groups is 1. The number of nitrogens with zero attached hydrogens (tertiary/aromatic N) is 3. The van der Waals surface area contributed by atoms with E-state index < -0.39 is 0 Å². The highest BCUT2D eigenvalue weighted by atomic mass is 32.2. The van der Waals surface area contributed by atoms with Gasteiger partial charge in [0.15, 0.2) is 0 Å². The molecule has 1 aliphatic heterocycles. The number of thioether (sulfide) groups is 1. The van der Waals surface area contributed by atoms with Crippen LogP contribution >= 0.6 is 35.7 Å². The van der Waals surface area contributed by atoms with E-state index in [4.69, 9.17) is 21.9 Å². The van der Waals surface area contributed by atoms with E-state index in [2.05, 4.69) is 0 Å². The number of carbonyl (C=O) groups is 1. The van der Waals surface area contributed by atoms with Crippen LogP contribution in [0.1, 0.15) is 16.7 Å². The Hall–Kier alpha value is -3.40. The first kappa shape index (κ1) is 25.3. The molecule has 1 amide bonds. The Morgan fingerprint density at radius 1 is 1.05 bits per heavy atom. The third-order valence-corrected chi connectivity index (χ3v) is 8.25. The number of aromatic nitrogens is 2. The van der Waals surface area contributed by atoms with Crippen molar-refractivity contribution in [2.45, 2.75) is 23.3 Å². The van der Waals surface area contributed by atoms with Gasteiger partial charge in [-0.3, -0.25) is 18.9 Å². The summed E-state index contributed by atoms with van der Waals surface area (Å²) in [6, 6.07) is 21.2. The van der Waals surface area contributed by atoms with Crippen molar-refractivity contribution in [3.63, 3.8) is 0 Å². The van der Waals surface area contributed by atoms with Gasteiger partial charge in [-0.1, -0.05) is 72.1 Å². The molecule has 0 spiro atoms. The fourth-order valence-electron chi connectivity index (χ4n) is 3.90. The van der Waals surface area contributed by atoms with Gasteiger partial charge in [0.05, 0.1) is 17.6 Å². The molecule has 0 atom stereocenters. The van der Waals surface area contributed by atoms with Crippen LogP contribution in [-0.2, 0) is 11.2 Å². The van der Waals surface area contributed by atoms with E-state index in [1.54, 1.807) is 24.3 Å². The van der Waals surface area contributed by atoms with Gasteiger partial charge in [-0.2, -0.15) is 0 Å². The number of methoxy groups -OCH3 is 1. The molecule has 4 aromatic rings. The maximum absolute atomic E-state index is 13.6. The van der Waals surface area contributed by atoms with E-state index in [-0.39, 0.29) is 11.5 Å². The average Bonchev–Trinajstić information content (AvgIpc) is 3.18. The zero-order chi connectivity index (χ0) is 25.9. The zero-order valence-electron chi connectivity index (χ0n) is 20.2. The molecule has 9 heteroatoms. The molecule has 2 aromatic heterocycles. The number of aryl methyl sites for hydroxylation is 1. The Balaban J connectivity index is 1.48. The van der Waals surface area contributed by atoms with Gasteiger partial charge in [-0.05, 0) is 60.9 Å². The van der Waals surface area contributed by atoms with E-state index in [1.807, 2.05) is 73.7 Å². The van der Waals surface area contributed by atoms with Crippen LogP contribution in [0, 0.1) is 6.92 Å². The second kappa shape index (κ2) is 10.9. The van der Waals surface area contributed by atoms with Crippen LogP contribution in [0.3, 0.4) is 0 Å². The van der Waals surface area contributed by atoms with Crippen molar-refractivity contribution in [3.8, 4) is 5.75 Å². The molecule has 0 bridgehead atoms. The van der Waals surface area contributed by atoms with Crippen LogP contribution < -0.4 is 10.3 Å². The highest BCUT2D eigenvalue weighted by molar-refractivity contribution is 8.26. The molecule has 0 aliphatic carbocycles. The van der Waals surface area contributed by atoms with E-state index in [9.17, 15) is 9.59 Å². The maximum atomic E-state index is 13.6. The Bertz CT molecular complexity index is 1580. The Morgan fingerprint density at radius 3 is 2.54 bits per heavy atom. The first-order valence-corrected chi connectivity index (χ1v) is 13.6. The van der Waals surface area contributed by atoms with Gasteiger partial charge < -0.3 is 4.74 Å². The fraction of sp³-hybridized carbons (Fsp3) is 0.143. The first-order chi connectivity index (χ1) is 17.9. The lowest BCUT2D eigenvalue weighted by Gasteiger charge is -2.14. The third kappa shape index (κ3) is 5.49. The quantitative estimate of drug-likeness (QED) is 0.170. The lowest BCUT2D eigenvalue weighted by atomic mass is 10.1. The molecule has 3 heterocycles. The second-order valence-electron chi connectivity index (χ2n) is 8.42. The molecule has 0 N–H and O–H groups in total. The van der Waals surface area contributed by atoms with Crippen LogP contribution in [0.5, 0.6) is 5.75 Å². The van der Waals surface area contributed by atoms with Gasteiger partial charge in [0.25, 0.3) is 11.5 Å². The summed E-state index contributed by atoms with van der Waals surface area (Å²) in [5.41, 5.74) is 2.71. The van der Waals surface area contributed by atoms with Gasteiger partial charge in [0, 0.05) is 17.6 Å². The van der Waals surface area contributed by atoms with Crippen LogP contribution in [0.25, 0.3) is 11.7 Å². The minimum Gasteiger partial charge on any atom is -0.497 e. The molecule has 0 unspecified atom stereocenters. The maximum Gasteiger partial charge on any atom is 0.266 e. The summed E-state index contributed by atoms with van der Waals surface area (Å²) in [7, 11) is 1.63. The zero-order valence-corrected chi connectivity index (χ0v) is 22.7. The minimum absolute atomic E-state index is 0.201. The van der Waals surface area contributed by atoms with Crippen molar-refractivity contribution in [1.82, 2.24) is 14.3 Å². The molecular weight excluding hydrogens is 523 g/mol. The van der Waals surface area contributed by atoms with Gasteiger partial charge in [0.2, 0.25) is 0 Å². The van der Waals surface area contributed by atoms with Gasteiger partial charge >= 0.3 is 0 Å². The van der Waals surface area contributed by atoms with Crippen LogP contribution in [0.15, 0.2) is 92.5 Å². The standard InChI is InChI=1S/C28H23N3O3S3/c1-18-8-13-24-29-25(36-21-6-4-3-5-7-21)22(26(32)31(24)17-18)16-23-27(33)30(28(35)37-23)15-14-19-9-11-20(34-2)12-10-19/h3-13,16-17H,14-15H2,1-2H3/b23-16+. The Morgan fingerprint density at radius 2 is 1.81 bits per heavy atom. The van der Waals surface area contributed by atoms with Crippen LogP contribution in [0.4, 0.5) is 0 Å². The van der Waals surface area contributed by atoms with Crippen LogP contribution in [0.2, 0.25) is 0 Å². The molecule has 2 aromatic carbocycles. The SMILES string of the molecule is COc1ccc(CCN2C(=O)/C(=C\c3c(Sc4ccccc4)nc4ccc(C)cn4c3=O)SC2=S)cc1. The number of carbonyl (C=O) groups excluding carboxylic acids is 1. The monoisotopic (exact) mass is 545 g/mol. The van der Waals surface area contributed by atoms with Crippen molar-refractivity contribution < 1.29 is 9.53 Å². The molecule has 5 rings (SSSR count). The van der Waals surface area contributed by atoms with Crippen molar-refractivity contribution in [2.75, 3.05) is 13.7 Å². The summed E-state index contributed by atoms with van der Waals surface area (Å²) in [5, 5.41) is 0.545. The lowest BCUT2D eigenvalue weighted by Crippen LogP contribution is -2.30. The van der Waals surface area contributed by atoms with Crippen molar-refractivity contribution in [2.24, 2.45) is 0 Å². The minimum atomic E-state index is -0.226. The predicted octanol–water partition coefficient (Wildman–Crippen LogP) is 5.61. The fourth-order valence-corrected chi connectivity index (χ4v) is 6.10. The molecule has 0 saturated carbocycles. The number of ether oxygens (including phenoxy) is 1. The number of pyridine rings is 1. The molecule has 37 heavy (non-hydrogen) atoms. The summed E-state index contributed by atoms with van der Waals surface area (Å²) in [6.45, 7) is 2.38. The first-order valence-electron chi connectivity index (χ1n) is 11.6. The van der Waals surface area contributed by atoms with Crippen LogP contribution in [-0.4, -0.2) is 38.2 Å². The normalized spacial score (nSPS) is 14.6. The molecule has 6 nitrogen and oxygen atoms in total. The highest BCUT2D eigenvalue weighted by Gasteiger charge is 2.32. The number of amides is 1. The Labute approximate surface area is 228 Å². The van der Waals surface area contributed by atoms with Gasteiger partial charge in [-0.15, -0.1) is 0 Å². The van der Waals surface area contributed by atoms with Gasteiger partial charge in [-0.25, -0.2) is 4.98 Å². The number of rotatable bonds is 7. The van der Waals surface area contributed by atoms with E-state index in [1.165, 1.54) is 27.9 Å². The van der Waals surface area contributed by atoms with Crippen molar-refractivity contribution >= 4 is 57.7 Å². The van der Waals surface area contributed by atoms with Crippen molar-refractivity contribution in [3.05, 3.63) is 105 Å². The summed E-state index contributed by atoms with van der Waals surface area (Å²) >= 11 is 8.15. The lowest BCUT2D eigenvalue weighted by molar-refractivity contribution is -0.122. The van der Waals surface area contributed by atoms with Gasteiger partial charge in [0.1, 0.15) is 20.7 Å². The molecule has 1 aliphatic rings. The summed E-state index contributed by atoms with van der Waals surface area (Å²) in [5.74, 6) is 0.583. The number of benzene rings is 2. The number of fused-ring (bicyclic) bond motifs is 1. The summed E-state index contributed by atoms with van der Waals surface area (Å²) in [6.07, 6.45) is 4.05. The third-order valence-electron chi connectivity index (χ3n) is 5.86. The Kier molecular flexibility index (Phi) is 7.45. The number of hydrogen-bond acceptors (Lipinski definition) is 7. The largest absolute Gasteiger partial charge is 0.497 e. The molecular formula is C28H23N3O3S3. The van der Waals surface area contributed by atoms with E-state index in [0.29, 0.717) is 38.4 Å². The summed E-state index contributed by atoms with van der Waals surface area (Å²) in [4.78, 5) is 34.7. The van der Waals surface area contributed by atoms with E-state index >= 15 is 0 Å². The predicted molar refractivity (Wildman–Crippen MR) is 153 cm³/mol. The summed E-state index contributed by atoms with van der Waals surface area (Å²) < 4.78 is 7.22. The molecule has 0 radical (unpaired) electrons. The van der Waals surface area contributed by atoms with E-state index in [0.717, 1.165) is 21.8 Å². The second-order valence-corrected chi connectivity index (χ2v) is 11.2. The number of hydrogen-bond donors (Lipinski definition) is 0. The highest BCUT2D eigenvalue weighted by Crippen LogP contribution is 2.35. The topological polar surface area (TPSA) is 63.9 Å². The molecule has 186 valence electrons. The average molecular weight is 546 g/mol. The van der Waals surface area contributed by atoms with Crippen molar-refractivity contribution in [1.29, 1.82) is 0 Å². The molecule has 1 saturated heterocycles.